The van der Waals surface area contributed by atoms with Crippen molar-refractivity contribution < 1.29 is 13.5 Å². The van der Waals surface area contributed by atoms with Crippen molar-refractivity contribution in [2.75, 3.05) is 12.4 Å². The van der Waals surface area contributed by atoms with Crippen molar-refractivity contribution in [3.63, 3.8) is 0 Å². The van der Waals surface area contributed by atoms with Crippen LogP contribution in [0.1, 0.15) is 18.5 Å². The lowest BCUT2D eigenvalue weighted by atomic mass is 10.1. The predicted octanol–water partition coefficient (Wildman–Crippen LogP) is 4.80. The van der Waals surface area contributed by atoms with Crippen LogP contribution in [0.4, 0.5) is 14.5 Å². The number of hydrogen-bond donors (Lipinski definition) is 1. The molecule has 0 bridgehead atoms. The zero-order valence-corrected chi connectivity index (χ0v) is 11.8. The maximum absolute atomic E-state index is 13.2. The molecule has 2 aromatic carbocycles. The summed E-state index contributed by atoms with van der Waals surface area (Å²) in [6.07, 6.45) is 0. The first-order valence-electron chi connectivity index (χ1n) is 6.05. The number of benzene rings is 2. The Labute approximate surface area is 121 Å². The topological polar surface area (TPSA) is 21.3 Å². The van der Waals surface area contributed by atoms with Crippen LogP contribution in [0.15, 0.2) is 36.4 Å². The second-order valence-electron chi connectivity index (χ2n) is 4.41. The summed E-state index contributed by atoms with van der Waals surface area (Å²) in [4.78, 5) is 0. The molecule has 0 fully saturated rings. The van der Waals surface area contributed by atoms with Gasteiger partial charge in [-0.05, 0) is 42.8 Å². The second kappa shape index (κ2) is 6.09. The first-order chi connectivity index (χ1) is 9.49. The van der Waals surface area contributed by atoms with Crippen LogP contribution in [-0.4, -0.2) is 7.11 Å². The minimum atomic E-state index is -0.605. The smallest absolute Gasteiger partial charge is 0.142 e. The van der Waals surface area contributed by atoms with Crippen LogP contribution in [0.3, 0.4) is 0 Å². The summed E-state index contributed by atoms with van der Waals surface area (Å²) in [5.41, 5.74) is 1.17. The third-order valence-corrected chi connectivity index (χ3v) is 3.15. The molecule has 1 N–H and O–H groups in total. The monoisotopic (exact) mass is 297 g/mol. The van der Waals surface area contributed by atoms with E-state index in [2.05, 4.69) is 5.32 Å². The third-order valence-electron chi connectivity index (χ3n) is 2.92. The van der Waals surface area contributed by atoms with Gasteiger partial charge in [-0.3, -0.25) is 0 Å². The normalized spacial score (nSPS) is 12.1. The molecule has 2 aromatic rings. The number of halogens is 3. The maximum Gasteiger partial charge on any atom is 0.142 e. The number of methoxy groups -OCH3 is 1. The molecule has 0 aromatic heterocycles. The molecule has 2 nitrogen and oxygen atoms in total. The van der Waals surface area contributed by atoms with Gasteiger partial charge in [0.15, 0.2) is 0 Å². The molecule has 0 aliphatic rings. The molecule has 0 aliphatic heterocycles. The fourth-order valence-corrected chi connectivity index (χ4v) is 2.11. The summed E-state index contributed by atoms with van der Waals surface area (Å²) in [5, 5.41) is 3.68. The van der Waals surface area contributed by atoms with Crippen molar-refractivity contribution in [3.8, 4) is 5.75 Å². The Morgan fingerprint density at radius 1 is 1.10 bits per heavy atom. The average molecular weight is 298 g/mol. The minimum Gasteiger partial charge on any atom is -0.495 e. The van der Waals surface area contributed by atoms with E-state index in [0.29, 0.717) is 22.0 Å². The van der Waals surface area contributed by atoms with E-state index in [9.17, 15) is 8.78 Å². The van der Waals surface area contributed by atoms with Crippen molar-refractivity contribution in [2.24, 2.45) is 0 Å². The van der Waals surface area contributed by atoms with Gasteiger partial charge in [-0.2, -0.15) is 0 Å². The van der Waals surface area contributed by atoms with Crippen molar-refractivity contribution >= 4 is 17.3 Å². The van der Waals surface area contributed by atoms with E-state index in [0.717, 1.165) is 6.07 Å². The van der Waals surface area contributed by atoms with Crippen molar-refractivity contribution in [3.05, 3.63) is 58.6 Å². The Kier molecular flexibility index (Phi) is 4.45. The molecule has 1 atom stereocenters. The van der Waals surface area contributed by atoms with E-state index in [4.69, 9.17) is 16.3 Å². The first-order valence-corrected chi connectivity index (χ1v) is 6.43. The average Bonchev–Trinajstić information content (AvgIpc) is 2.37. The first kappa shape index (κ1) is 14.6. The molecule has 20 heavy (non-hydrogen) atoms. The van der Waals surface area contributed by atoms with Crippen LogP contribution in [0.2, 0.25) is 5.02 Å². The Balaban J connectivity index is 2.27. The number of nitrogens with one attached hydrogen (secondary N) is 1. The SMILES string of the molecule is COc1ccc(Cl)cc1NC(C)c1cc(F)cc(F)c1. The molecule has 0 saturated heterocycles. The van der Waals surface area contributed by atoms with E-state index in [-0.39, 0.29) is 6.04 Å². The Morgan fingerprint density at radius 2 is 1.75 bits per heavy atom. The Bertz CT molecular complexity index is 599. The summed E-state index contributed by atoms with van der Waals surface area (Å²) < 4.78 is 31.7. The number of hydrogen-bond acceptors (Lipinski definition) is 2. The highest BCUT2D eigenvalue weighted by Crippen LogP contribution is 2.31. The Hall–Kier alpha value is -1.81. The number of anilines is 1. The summed E-state index contributed by atoms with van der Waals surface area (Å²) in [6, 6.07) is 8.26. The molecule has 2 rings (SSSR count). The van der Waals surface area contributed by atoms with Crippen molar-refractivity contribution in [1.29, 1.82) is 0 Å². The highest BCUT2D eigenvalue weighted by molar-refractivity contribution is 6.30. The van der Waals surface area contributed by atoms with Crippen LogP contribution in [0, 0.1) is 11.6 Å². The van der Waals surface area contributed by atoms with Gasteiger partial charge in [-0.1, -0.05) is 11.6 Å². The predicted molar refractivity (Wildman–Crippen MR) is 76.4 cm³/mol. The fraction of sp³-hybridized carbons (Fsp3) is 0.200. The maximum atomic E-state index is 13.2. The van der Waals surface area contributed by atoms with Gasteiger partial charge in [0.1, 0.15) is 17.4 Å². The zero-order chi connectivity index (χ0) is 14.7. The quantitative estimate of drug-likeness (QED) is 0.875. The third kappa shape index (κ3) is 3.39. The number of ether oxygens (including phenoxy) is 1. The molecule has 0 radical (unpaired) electrons. The summed E-state index contributed by atoms with van der Waals surface area (Å²) in [6.45, 7) is 1.80. The van der Waals surface area contributed by atoms with E-state index in [1.54, 1.807) is 32.2 Å². The van der Waals surface area contributed by atoms with Gasteiger partial charge >= 0.3 is 0 Å². The number of rotatable bonds is 4. The fourth-order valence-electron chi connectivity index (χ4n) is 1.93. The van der Waals surface area contributed by atoms with Gasteiger partial charge in [-0.15, -0.1) is 0 Å². The van der Waals surface area contributed by atoms with Gasteiger partial charge in [0.25, 0.3) is 0 Å². The second-order valence-corrected chi connectivity index (χ2v) is 4.85. The molecule has 0 aliphatic carbocycles. The highest BCUT2D eigenvalue weighted by Gasteiger charge is 2.11. The van der Waals surface area contributed by atoms with E-state index in [1.807, 2.05) is 0 Å². The van der Waals surface area contributed by atoms with E-state index < -0.39 is 11.6 Å². The standard InChI is InChI=1S/C15H14ClF2NO/c1-9(10-5-12(17)8-13(18)6-10)19-14-7-11(16)3-4-15(14)20-2/h3-9,19H,1-2H3. The molecule has 5 heteroatoms. The van der Waals surface area contributed by atoms with Gasteiger partial charge in [0.05, 0.1) is 12.8 Å². The van der Waals surface area contributed by atoms with E-state index in [1.165, 1.54) is 12.1 Å². The summed E-state index contributed by atoms with van der Waals surface area (Å²) in [5.74, 6) is -0.600. The van der Waals surface area contributed by atoms with E-state index >= 15 is 0 Å². The minimum absolute atomic E-state index is 0.299. The lowest BCUT2D eigenvalue weighted by Gasteiger charge is -2.18. The van der Waals surface area contributed by atoms with Crippen molar-refractivity contribution in [2.45, 2.75) is 13.0 Å². The lowest BCUT2D eigenvalue weighted by molar-refractivity contribution is 0.416. The summed E-state index contributed by atoms with van der Waals surface area (Å²) >= 11 is 5.94. The van der Waals surface area contributed by atoms with Crippen LogP contribution in [-0.2, 0) is 0 Å². The van der Waals surface area contributed by atoms with Crippen LogP contribution < -0.4 is 10.1 Å². The van der Waals surface area contributed by atoms with Gasteiger partial charge in [-0.25, -0.2) is 8.78 Å². The molecular weight excluding hydrogens is 284 g/mol. The summed E-state index contributed by atoms with van der Waals surface area (Å²) in [7, 11) is 1.54. The van der Waals surface area contributed by atoms with Crippen LogP contribution in [0.25, 0.3) is 0 Å². The Morgan fingerprint density at radius 3 is 2.35 bits per heavy atom. The molecule has 1 unspecified atom stereocenters. The van der Waals surface area contributed by atoms with Gasteiger partial charge in [0.2, 0.25) is 0 Å². The van der Waals surface area contributed by atoms with Gasteiger partial charge in [0, 0.05) is 17.1 Å². The molecule has 0 saturated carbocycles. The molecule has 106 valence electrons. The molecule has 0 heterocycles. The van der Waals surface area contributed by atoms with Crippen LogP contribution in [0.5, 0.6) is 5.75 Å². The molecule has 0 spiro atoms. The zero-order valence-electron chi connectivity index (χ0n) is 11.1. The molecule has 0 amide bonds. The van der Waals surface area contributed by atoms with Gasteiger partial charge < -0.3 is 10.1 Å². The van der Waals surface area contributed by atoms with Crippen LogP contribution >= 0.6 is 11.6 Å². The lowest BCUT2D eigenvalue weighted by Crippen LogP contribution is -2.08. The highest BCUT2D eigenvalue weighted by atomic mass is 35.5. The van der Waals surface area contributed by atoms with Crippen molar-refractivity contribution in [1.82, 2.24) is 0 Å². The largest absolute Gasteiger partial charge is 0.495 e. The molecular formula is C15H14ClF2NO.